The zero-order chi connectivity index (χ0) is 17.7. The molecule has 0 aliphatic heterocycles. The molecule has 1 saturated carbocycles. The third-order valence-electron chi connectivity index (χ3n) is 5.09. The Morgan fingerprint density at radius 3 is 1.72 bits per heavy atom. The Balaban J connectivity index is 1.77. The molecule has 2 aromatic rings. The lowest BCUT2D eigenvalue weighted by molar-refractivity contribution is 0.282. The highest BCUT2D eigenvalue weighted by molar-refractivity contribution is 7.89. The van der Waals surface area contributed by atoms with E-state index in [1.165, 1.54) is 12.0 Å². The molecule has 2 aliphatic carbocycles. The first-order valence-corrected chi connectivity index (χ1v) is 10.1. The molecule has 2 aliphatic rings. The lowest BCUT2D eigenvalue weighted by Crippen LogP contribution is -2.22. The smallest absolute Gasteiger partial charge is 0.225 e. The van der Waals surface area contributed by atoms with E-state index in [2.05, 4.69) is 12.2 Å². The van der Waals surface area contributed by atoms with Gasteiger partial charge in [0.2, 0.25) is 10.0 Å². The highest BCUT2D eigenvalue weighted by Crippen LogP contribution is 2.53. The first kappa shape index (κ1) is 16.6. The van der Waals surface area contributed by atoms with E-state index in [0.29, 0.717) is 5.02 Å². The van der Waals surface area contributed by atoms with E-state index in [0.717, 1.165) is 29.5 Å². The molecule has 0 bridgehead atoms. The topological polar surface area (TPSA) is 60.2 Å². The van der Waals surface area contributed by atoms with Gasteiger partial charge in [-0.15, -0.1) is 0 Å². The van der Waals surface area contributed by atoms with E-state index in [1.54, 1.807) is 12.1 Å². The van der Waals surface area contributed by atoms with E-state index in [-0.39, 0.29) is 10.3 Å². The van der Waals surface area contributed by atoms with Crippen LogP contribution in [-0.2, 0) is 10.0 Å². The van der Waals surface area contributed by atoms with Crippen molar-refractivity contribution in [1.29, 1.82) is 0 Å². The number of benzene rings is 2. The van der Waals surface area contributed by atoms with Crippen LogP contribution in [0.3, 0.4) is 0 Å². The van der Waals surface area contributed by atoms with Gasteiger partial charge in [0.15, 0.2) is 0 Å². The quantitative estimate of drug-likeness (QED) is 0.854. The van der Waals surface area contributed by atoms with Crippen molar-refractivity contribution >= 4 is 32.8 Å². The van der Waals surface area contributed by atoms with Gasteiger partial charge < -0.3 is 0 Å². The van der Waals surface area contributed by atoms with Gasteiger partial charge in [-0.1, -0.05) is 54.4 Å². The summed E-state index contributed by atoms with van der Waals surface area (Å²) in [7, 11) is -3.68. The number of allylic oxidation sites excluding steroid dienone is 4. The summed E-state index contributed by atoms with van der Waals surface area (Å²) in [5, 5.41) is 5.91. The maximum atomic E-state index is 11.5. The van der Waals surface area contributed by atoms with Crippen LogP contribution in [0.25, 0.3) is 11.1 Å². The summed E-state index contributed by atoms with van der Waals surface area (Å²) in [6.45, 7) is 0. The van der Waals surface area contributed by atoms with Crippen molar-refractivity contribution in [2.45, 2.75) is 24.2 Å². The number of primary sulfonamides is 1. The van der Waals surface area contributed by atoms with Crippen molar-refractivity contribution in [3.8, 4) is 0 Å². The summed E-state index contributed by atoms with van der Waals surface area (Å²) in [5.41, 5.74) is 4.58. The second kappa shape index (κ2) is 5.84. The summed E-state index contributed by atoms with van der Waals surface area (Å²) < 4.78 is 23.0. The maximum absolute atomic E-state index is 11.5. The molecule has 2 aromatic carbocycles. The van der Waals surface area contributed by atoms with Crippen LogP contribution in [-0.4, -0.2) is 8.42 Å². The molecule has 0 saturated heterocycles. The fourth-order valence-corrected chi connectivity index (χ4v) is 4.22. The summed E-state index contributed by atoms with van der Waals surface area (Å²) >= 11 is 6.02. The minimum Gasteiger partial charge on any atom is -0.225 e. The van der Waals surface area contributed by atoms with Gasteiger partial charge in [-0.25, -0.2) is 13.6 Å². The van der Waals surface area contributed by atoms with Gasteiger partial charge in [0.1, 0.15) is 0 Å². The first-order chi connectivity index (χ1) is 11.9. The van der Waals surface area contributed by atoms with Crippen LogP contribution < -0.4 is 5.14 Å². The Bertz CT molecular complexity index is 983. The third kappa shape index (κ3) is 3.06. The molecule has 0 heterocycles. The summed E-state index contributed by atoms with van der Waals surface area (Å²) in [4.78, 5) is 0.130. The molecule has 25 heavy (non-hydrogen) atoms. The Hall–Kier alpha value is -1.88. The molecule has 5 heteroatoms. The summed E-state index contributed by atoms with van der Waals surface area (Å²) in [6, 6.07) is 14.6. The van der Waals surface area contributed by atoms with Crippen LogP contribution in [0, 0.1) is 5.41 Å². The number of nitrogens with two attached hydrogens (primary N) is 1. The molecule has 128 valence electrons. The van der Waals surface area contributed by atoms with E-state index >= 15 is 0 Å². The zero-order valence-corrected chi connectivity index (χ0v) is 15.1. The number of rotatable bonds is 3. The fraction of sp³-hybridized carbons (Fsp3) is 0.200. The number of sulfonamides is 1. The average Bonchev–Trinajstić information content (AvgIpc) is 2.96. The molecule has 1 spiro atoms. The fourth-order valence-electron chi connectivity index (χ4n) is 3.58. The SMILES string of the molecule is NS(=O)(=O)c1ccc(C2=CC3(C=C2c2ccc(Cl)cc2)CCC3)cc1. The van der Waals surface area contributed by atoms with Gasteiger partial charge in [-0.05, 0) is 59.4 Å². The van der Waals surface area contributed by atoms with Crippen molar-refractivity contribution in [3.63, 3.8) is 0 Å². The minimum atomic E-state index is -3.68. The zero-order valence-electron chi connectivity index (χ0n) is 13.6. The second-order valence-corrected chi connectivity index (χ2v) is 8.78. The van der Waals surface area contributed by atoms with Crippen molar-refractivity contribution in [2.75, 3.05) is 0 Å². The molecule has 0 atom stereocenters. The normalized spacial score (nSPS) is 18.6. The van der Waals surface area contributed by atoms with Gasteiger partial charge in [0, 0.05) is 10.4 Å². The minimum absolute atomic E-state index is 0.130. The molecule has 2 N–H and O–H groups in total. The van der Waals surface area contributed by atoms with Gasteiger partial charge in [-0.3, -0.25) is 0 Å². The molecule has 0 radical (unpaired) electrons. The van der Waals surface area contributed by atoms with Crippen LogP contribution >= 0.6 is 11.6 Å². The number of hydrogen-bond acceptors (Lipinski definition) is 2. The molecule has 1 fully saturated rings. The highest BCUT2D eigenvalue weighted by Gasteiger charge is 2.38. The van der Waals surface area contributed by atoms with E-state index in [4.69, 9.17) is 16.7 Å². The molecule has 0 aromatic heterocycles. The molecule has 3 nitrogen and oxygen atoms in total. The average molecular weight is 372 g/mol. The van der Waals surface area contributed by atoms with E-state index in [1.807, 2.05) is 36.4 Å². The summed E-state index contributed by atoms with van der Waals surface area (Å²) in [6.07, 6.45) is 8.22. The standard InChI is InChI=1S/C20H18ClNO2S/c21-16-6-2-14(3-7-16)18-12-20(10-1-11-20)13-19(18)15-4-8-17(9-5-15)25(22,23)24/h2-9,12-13H,1,10-11H2,(H2,22,23,24). The van der Waals surface area contributed by atoms with Gasteiger partial charge >= 0.3 is 0 Å². The van der Waals surface area contributed by atoms with Gasteiger partial charge in [0.25, 0.3) is 0 Å². The van der Waals surface area contributed by atoms with E-state index in [9.17, 15) is 8.42 Å². The molecular formula is C20H18ClNO2S. The van der Waals surface area contributed by atoms with Crippen LogP contribution in [0.1, 0.15) is 30.4 Å². The highest BCUT2D eigenvalue weighted by atomic mass is 35.5. The molecule has 4 rings (SSSR count). The molecular weight excluding hydrogens is 354 g/mol. The Morgan fingerprint density at radius 1 is 0.840 bits per heavy atom. The van der Waals surface area contributed by atoms with Crippen LogP contribution in [0.4, 0.5) is 0 Å². The van der Waals surface area contributed by atoms with E-state index < -0.39 is 10.0 Å². The van der Waals surface area contributed by atoms with Crippen molar-refractivity contribution < 1.29 is 8.42 Å². The van der Waals surface area contributed by atoms with Crippen molar-refractivity contribution in [2.24, 2.45) is 10.6 Å². The lowest BCUT2D eigenvalue weighted by atomic mass is 9.70. The van der Waals surface area contributed by atoms with Crippen LogP contribution in [0.5, 0.6) is 0 Å². The molecule has 0 amide bonds. The Kier molecular flexibility index (Phi) is 3.87. The number of hydrogen-bond donors (Lipinski definition) is 1. The Morgan fingerprint density at radius 2 is 1.32 bits per heavy atom. The van der Waals surface area contributed by atoms with Crippen LogP contribution in [0.15, 0.2) is 65.6 Å². The van der Waals surface area contributed by atoms with Gasteiger partial charge in [0.05, 0.1) is 4.90 Å². The van der Waals surface area contributed by atoms with Crippen LogP contribution in [0.2, 0.25) is 5.02 Å². The van der Waals surface area contributed by atoms with Crippen molar-refractivity contribution in [1.82, 2.24) is 0 Å². The number of halogens is 1. The van der Waals surface area contributed by atoms with Gasteiger partial charge in [-0.2, -0.15) is 0 Å². The Labute approximate surface area is 152 Å². The lowest BCUT2D eigenvalue weighted by Gasteiger charge is -2.34. The largest absolute Gasteiger partial charge is 0.238 e. The predicted molar refractivity (Wildman–Crippen MR) is 102 cm³/mol. The summed E-state index contributed by atoms with van der Waals surface area (Å²) in [5.74, 6) is 0. The third-order valence-corrected chi connectivity index (χ3v) is 6.27. The molecule has 0 unspecified atom stereocenters. The van der Waals surface area contributed by atoms with Crippen molar-refractivity contribution in [3.05, 3.63) is 76.8 Å². The second-order valence-electron chi connectivity index (χ2n) is 6.78. The predicted octanol–water partition coefficient (Wildman–Crippen LogP) is 4.64. The first-order valence-electron chi connectivity index (χ1n) is 8.22. The maximum Gasteiger partial charge on any atom is 0.238 e. The monoisotopic (exact) mass is 371 g/mol.